The Morgan fingerprint density at radius 3 is 2.70 bits per heavy atom. The van der Waals surface area contributed by atoms with E-state index in [2.05, 4.69) is 4.72 Å². The van der Waals surface area contributed by atoms with Crippen LogP contribution in [0, 0.1) is 0 Å². The largest absolute Gasteiger partial charge is 0.495 e. The number of hydrogen-bond acceptors (Lipinski definition) is 6. The monoisotopic (exact) mass is 304 g/mol. The van der Waals surface area contributed by atoms with Crippen LogP contribution in [0.1, 0.15) is 6.42 Å². The van der Waals surface area contributed by atoms with E-state index in [1.165, 1.54) is 32.4 Å². The van der Waals surface area contributed by atoms with E-state index in [4.69, 9.17) is 15.2 Å². The van der Waals surface area contributed by atoms with Crippen LogP contribution in [-0.4, -0.2) is 47.0 Å². The Labute approximate surface area is 118 Å². The van der Waals surface area contributed by atoms with Crippen molar-refractivity contribution in [2.45, 2.75) is 17.4 Å². The summed E-state index contributed by atoms with van der Waals surface area (Å²) in [6, 6.07) is 4.30. The number of sulfonamides is 1. The highest BCUT2D eigenvalue weighted by Gasteiger charge is 2.19. The summed E-state index contributed by atoms with van der Waals surface area (Å²) < 4.78 is 36.4. The molecule has 0 aliphatic heterocycles. The van der Waals surface area contributed by atoms with E-state index >= 15 is 0 Å². The quantitative estimate of drug-likeness (QED) is 0.581. The van der Waals surface area contributed by atoms with Crippen molar-refractivity contribution in [1.82, 2.24) is 4.72 Å². The minimum Gasteiger partial charge on any atom is -0.495 e. The van der Waals surface area contributed by atoms with Crippen molar-refractivity contribution in [2.75, 3.05) is 33.1 Å². The molecule has 0 aromatic heterocycles. The molecule has 0 amide bonds. The summed E-state index contributed by atoms with van der Waals surface area (Å²) in [4.78, 5) is 0.00966. The molecule has 0 spiro atoms. The molecule has 1 aromatic carbocycles. The maximum Gasteiger partial charge on any atom is 0.244 e. The highest BCUT2D eigenvalue weighted by atomic mass is 32.2. The van der Waals surface area contributed by atoms with Crippen molar-refractivity contribution in [2.24, 2.45) is 0 Å². The molecule has 0 heterocycles. The van der Waals surface area contributed by atoms with Crippen LogP contribution in [-0.2, 0) is 14.8 Å². The fraction of sp³-hybridized carbons (Fsp3) is 0.500. The second kappa shape index (κ2) is 7.44. The minimum absolute atomic E-state index is 0.00966. The van der Waals surface area contributed by atoms with Crippen molar-refractivity contribution in [3.8, 4) is 5.75 Å². The third kappa shape index (κ3) is 4.64. The SMILES string of the molecule is COCC(O)CCNS(=O)(=O)c1ccc(N)cc1OC. The highest BCUT2D eigenvalue weighted by Crippen LogP contribution is 2.25. The summed E-state index contributed by atoms with van der Waals surface area (Å²) in [5.41, 5.74) is 5.99. The number of aliphatic hydroxyl groups excluding tert-OH is 1. The molecule has 20 heavy (non-hydrogen) atoms. The Balaban J connectivity index is 2.74. The minimum atomic E-state index is -3.71. The maximum absolute atomic E-state index is 12.1. The van der Waals surface area contributed by atoms with Crippen LogP contribution in [0.25, 0.3) is 0 Å². The van der Waals surface area contributed by atoms with Crippen molar-refractivity contribution >= 4 is 15.7 Å². The molecule has 0 aliphatic rings. The number of benzene rings is 1. The van der Waals surface area contributed by atoms with Crippen LogP contribution in [0.3, 0.4) is 0 Å². The predicted octanol–water partition coefficient (Wildman–Crippen LogP) is -0.0469. The molecule has 0 bridgehead atoms. The summed E-state index contributed by atoms with van der Waals surface area (Å²) in [5, 5.41) is 9.45. The number of nitrogen functional groups attached to an aromatic ring is 1. The second-order valence-electron chi connectivity index (χ2n) is 4.21. The molecule has 0 radical (unpaired) electrons. The van der Waals surface area contributed by atoms with Gasteiger partial charge in [0, 0.05) is 25.4 Å². The van der Waals surface area contributed by atoms with Crippen LogP contribution in [0.15, 0.2) is 23.1 Å². The summed E-state index contributed by atoms with van der Waals surface area (Å²) in [7, 11) is -0.877. The summed E-state index contributed by atoms with van der Waals surface area (Å²) >= 11 is 0. The lowest BCUT2D eigenvalue weighted by molar-refractivity contribution is 0.0603. The molecule has 1 rings (SSSR count). The van der Waals surface area contributed by atoms with Crippen LogP contribution in [0.2, 0.25) is 0 Å². The lowest BCUT2D eigenvalue weighted by Crippen LogP contribution is -2.29. The fourth-order valence-corrected chi connectivity index (χ4v) is 2.82. The third-order valence-corrected chi connectivity index (χ3v) is 4.11. The predicted molar refractivity (Wildman–Crippen MR) is 75.1 cm³/mol. The Morgan fingerprint density at radius 2 is 2.10 bits per heavy atom. The highest BCUT2D eigenvalue weighted by molar-refractivity contribution is 7.89. The lowest BCUT2D eigenvalue weighted by Gasteiger charge is -2.13. The van der Waals surface area contributed by atoms with Gasteiger partial charge in [0.25, 0.3) is 0 Å². The van der Waals surface area contributed by atoms with Crippen molar-refractivity contribution in [3.05, 3.63) is 18.2 Å². The normalized spacial score (nSPS) is 13.2. The molecule has 1 unspecified atom stereocenters. The molecule has 4 N–H and O–H groups in total. The van der Waals surface area contributed by atoms with E-state index in [1.54, 1.807) is 0 Å². The topological polar surface area (TPSA) is 111 Å². The number of rotatable bonds is 8. The van der Waals surface area contributed by atoms with Gasteiger partial charge in [-0.25, -0.2) is 13.1 Å². The van der Waals surface area contributed by atoms with Crippen molar-refractivity contribution in [3.63, 3.8) is 0 Å². The maximum atomic E-state index is 12.1. The van der Waals surface area contributed by atoms with Gasteiger partial charge in [0.2, 0.25) is 10.0 Å². The first kappa shape index (κ1) is 16.7. The molecule has 8 heteroatoms. The molecule has 1 aromatic rings. The van der Waals surface area contributed by atoms with Crippen molar-refractivity contribution < 1.29 is 23.0 Å². The Hall–Kier alpha value is -1.35. The van der Waals surface area contributed by atoms with Gasteiger partial charge in [-0.3, -0.25) is 0 Å². The molecule has 114 valence electrons. The average Bonchev–Trinajstić information content (AvgIpc) is 2.38. The molecule has 0 fully saturated rings. The first-order chi connectivity index (χ1) is 9.40. The Morgan fingerprint density at radius 1 is 1.40 bits per heavy atom. The summed E-state index contributed by atoms with van der Waals surface area (Å²) in [5.74, 6) is 0.176. The van der Waals surface area contributed by atoms with Gasteiger partial charge in [-0.2, -0.15) is 0 Å². The van der Waals surface area contributed by atoms with Crippen LogP contribution >= 0.6 is 0 Å². The zero-order chi connectivity index (χ0) is 15.2. The van der Waals surface area contributed by atoms with Gasteiger partial charge in [-0.15, -0.1) is 0 Å². The summed E-state index contributed by atoms with van der Waals surface area (Å²) in [6.07, 6.45) is -0.458. The van der Waals surface area contributed by atoms with E-state index in [1.807, 2.05) is 0 Å². The van der Waals surface area contributed by atoms with Gasteiger partial charge in [0.15, 0.2) is 0 Å². The molecule has 0 saturated carbocycles. The second-order valence-corrected chi connectivity index (χ2v) is 5.94. The number of nitrogens with one attached hydrogen (secondary N) is 1. The smallest absolute Gasteiger partial charge is 0.244 e. The van der Waals surface area contributed by atoms with Crippen molar-refractivity contribution in [1.29, 1.82) is 0 Å². The zero-order valence-electron chi connectivity index (χ0n) is 11.5. The van der Waals surface area contributed by atoms with Gasteiger partial charge in [-0.05, 0) is 18.6 Å². The zero-order valence-corrected chi connectivity index (χ0v) is 12.3. The molecule has 0 aliphatic carbocycles. The first-order valence-electron chi connectivity index (χ1n) is 6.01. The number of methoxy groups -OCH3 is 2. The number of anilines is 1. The Kier molecular flexibility index (Phi) is 6.21. The number of hydrogen-bond donors (Lipinski definition) is 3. The first-order valence-corrected chi connectivity index (χ1v) is 7.49. The molecule has 7 nitrogen and oxygen atoms in total. The van der Waals surface area contributed by atoms with Crippen LogP contribution in [0.5, 0.6) is 5.75 Å². The van der Waals surface area contributed by atoms with Gasteiger partial charge in [0.1, 0.15) is 10.6 Å². The van der Waals surface area contributed by atoms with E-state index in [-0.39, 0.29) is 30.2 Å². The molecule has 1 atom stereocenters. The van der Waals surface area contributed by atoms with Gasteiger partial charge < -0.3 is 20.3 Å². The fourth-order valence-electron chi connectivity index (χ4n) is 1.62. The Bertz CT molecular complexity index is 533. The summed E-state index contributed by atoms with van der Waals surface area (Å²) in [6.45, 7) is 0.257. The lowest BCUT2D eigenvalue weighted by atomic mass is 10.3. The standard InChI is InChI=1S/C12H20N2O5S/c1-18-8-10(15)5-6-14-20(16,17)12-4-3-9(13)7-11(12)19-2/h3-4,7,10,14-15H,5-6,8,13H2,1-2H3. The third-order valence-electron chi connectivity index (χ3n) is 2.61. The van der Waals surface area contributed by atoms with Crippen LogP contribution < -0.4 is 15.2 Å². The van der Waals surface area contributed by atoms with E-state index < -0.39 is 16.1 Å². The number of nitrogens with two attached hydrogens (primary N) is 1. The van der Waals surface area contributed by atoms with Gasteiger partial charge in [0.05, 0.1) is 19.8 Å². The molecule has 0 saturated heterocycles. The van der Waals surface area contributed by atoms with E-state index in [0.29, 0.717) is 5.69 Å². The van der Waals surface area contributed by atoms with Gasteiger partial charge in [-0.1, -0.05) is 0 Å². The molecular formula is C12H20N2O5S. The van der Waals surface area contributed by atoms with E-state index in [0.717, 1.165) is 0 Å². The molecular weight excluding hydrogens is 284 g/mol. The van der Waals surface area contributed by atoms with Gasteiger partial charge >= 0.3 is 0 Å². The average molecular weight is 304 g/mol. The number of ether oxygens (including phenoxy) is 2. The van der Waals surface area contributed by atoms with Crippen LogP contribution in [0.4, 0.5) is 5.69 Å². The van der Waals surface area contributed by atoms with E-state index in [9.17, 15) is 13.5 Å². The number of aliphatic hydroxyl groups is 1.